The highest BCUT2D eigenvalue weighted by Gasteiger charge is 2.53. The van der Waals surface area contributed by atoms with Gasteiger partial charge < -0.3 is 0 Å². The van der Waals surface area contributed by atoms with Crippen molar-refractivity contribution in [2.45, 2.75) is 38.5 Å². The van der Waals surface area contributed by atoms with Crippen LogP contribution in [0.4, 0.5) is 0 Å². The van der Waals surface area contributed by atoms with E-state index in [9.17, 15) is 10.1 Å². The maximum absolute atomic E-state index is 12.3. The lowest BCUT2D eigenvalue weighted by atomic mass is 9.54. The van der Waals surface area contributed by atoms with E-state index < -0.39 is 5.92 Å². The van der Waals surface area contributed by atoms with Crippen molar-refractivity contribution < 1.29 is 4.79 Å². The molecule has 0 spiro atoms. The quantitative estimate of drug-likeness (QED) is 0.732. The van der Waals surface area contributed by atoms with Crippen molar-refractivity contribution in [3.05, 3.63) is 15.9 Å². The van der Waals surface area contributed by atoms with Crippen LogP contribution >= 0.6 is 15.9 Å². The van der Waals surface area contributed by atoms with Crippen molar-refractivity contribution in [2.75, 3.05) is 0 Å². The minimum atomic E-state index is -0.488. The van der Waals surface area contributed by atoms with E-state index in [1.54, 1.807) is 0 Å². The first-order chi connectivity index (χ1) is 9.40. The zero-order chi connectivity index (χ0) is 14.7. The van der Waals surface area contributed by atoms with E-state index in [4.69, 9.17) is 0 Å². The maximum atomic E-state index is 12.3. The van der Waals surface area contributed by atoms with Crippen LogP contribution in [-0.2, 0) is 23.7 Å². The van der Waals surface area contributed by atoms with Gasteiger partial charge in [-0.1, -0.05) is 13.8 Å². The molecule has 0 N–H and O–H groups in total. The van der Waals surface area contributed by atoms with Crippen LogP contribution in [0.5, 0.6) is 0 Å². The zero-order valence-electron chi connectivity index (χ0n) is 12.0. The molecule has 20 heavy (non-hydrogen) atoms. The zero-order valence-corrected chi connectivity index (χ0v) is 13.6. The van der Waals surface area contributed by atoms with Crippen LogP contribution in [0.1, 0.15) is 37.9 Å². The van der Waals surface area contributed by atoms with Crippen molar-refractivity contribution >= 4 is 21.7 Å². The van der Waals surface area contributed by atoms with Gasteiger partial charge in [0.05, 0.1) is 11.8 Å². The van der Waals surface area contributed by atoms with Crippen molar-refractivity contribution in [3.63, 3.8) is 0 Å². The van der Waals surface area contributed by atoms with Crippen LogP contribution in [0.25, 0.3) is 0 Å². The number of carbonyl (C=O) groups is 1. The topological polar surface area (TPSA) is 58.7 Å². The second kappa shape index (κ2) is 4.42. The van der Waals surface area contributed by atoms with Crippen LogP contribution < -0.4 is 0 Å². The fraction of sp³-hybridized carbons (Fsp3) is 0.667. The molecule has 0 aromatic carbocycles. The summed E-state index contributed by atoms with van der Waals surface area (Å²) in [6, 6.07) is 2.20. The molecule has 4 atom stereocenters. The molecule has 1 saturated carbocycles. The normalized spacial score (nSPS) is 36.1. The largest absolute Gasteiger partial charge is 0.298 e. The number of ketones is 1. The number of halogens is 1. The molecule has 1 unspecified atom stereocenters. The fourth-order valence-corrected chi connectivity index (χ4v) is 4.69. The van der Waals surface area contributed by atoms with E-state index in [2.05, 4.69) is 34.0 Å². The Morgan fingerprint density at radius 3 is 2.90 bits per heavy atom. The van der Waals surface area contributed by atoms with Crippen LogP contribution in [0.15, 0.2) is 4.60 Å². The molecule has 1 aromatic rings. The number of fused-ring (bicyclic) bond motifs is 3. The van der Waals surface area contributed by atoms with E-state index in [-0.39, 0.29) is 17.1 Å². The average molecular weight is 336 g/mol. The SMILES string of the molecule is C[C@@H]1C(=O)C(C#N)C[C@]2(C)c3nn(C)c(Br)c3CC[C@@H]12. The summed E-state index contributed by atoms with van der Waals surface area (Å²) in [6.45, 7) is 4.17. The number of hydrogen-bond acceptors (Lipinski definition) is 3. The molecular formula is C15H18BrN3O. The molecule has 1 aromatic heterocycles. The highest BCUT2D eigenvalue weighted by Crippen LogP contribution is 2.52. The van der Waals surface area contributed by atoms with Crippen LogP contribution in [0, 0.1) is 29.1 Å². The number of rotatable bonds is 0. The molecule has 0 saturated heterocycles. The summed E-state index contributed by atoms with van der Waals surface area (Å²) in [5.41, 5.74) is 2.18. The minimum absolute atomic E-state index is 0.0488. The van der Waals surface area contributed by atoms with E-state index in [1.807, 2.05) is 18.7 Å². The van der Waals surface area contributed by atoms with Gasteiger partial charge in [-0.3, -0.25) is 9.48 Å². The molecule has 2 aliphatic carbocycles. The number of aromatic nitrogens is 2. The van der Waals surface area contributed by atoms with Crippen LogP contribution in [0.3, 0.4) is 0 Å². The van der Waals surface area contributed by atoms with Crippen molar-refractivity contribution in [2.24, 2.45) is 24.8 Å². The summed E-state index contributed by atoms with van der Waals surface area (Å²) in [5.74, 6) is -0.118. The minimum Gasteiger partial charge on any atom is -0.298 e. The second-order valence-electron chi connectivity index (χ2n) is 6.38. The summed E-state index contributed by atoms with van der Waals surface area (Å²) in [7, 11) is 1.93. The van der Waals surface area contributed by atoms with Gasteiger partial charge in [-0.2, -0.15) is 10.4 Å². The first kappa shape index (κ1) is 13.8. The number of aryl methyl sites for hydroxylation is 1. The number of nitriles is 1. The number of carbonyl (C=O) groups excluding carboxylic acids is 1. The molecule has 106 valence electrons. The Kier molecular flexibility index (Phi) is 3.06. The summed E-state index contributed by atoms with van der Waals surface area (Å²) < 4.78 is 2.89. The lowest BCUT2D eigenvalue weighted by Gasteiger charge is -2.48. The Labute approximate surface area is 127 Å². The highest BCUT2D eigenvalue weighted by atomic mass is 79.9. The molecule has 0 amide bonds. The van der Waals surface area contributed by atoms with Crippen molar-refractivity contribution in [3.8, 4) is 6.07 Å². The number of Topliss-reactive ketones (excluding diaryl/α,β-unsaturated/α-hetero) is 1. The Morgan fingerprint density at radius 1 is 1.55 bits per heavy atom. The first-order valence-corrected chi connectivity index (χ1v) is 7.84. The van der Waals surface area contributed by atoms with E-state index in [1.165, 1.54) is 5.56 Å². The van der Waals surface area contributed by atoms with Gasteiger partial charge in [0.25, 0.3) is 0 Å². The third kappa shape index (κ3) is 1.64. The van der Waals surface area contributed by atoms with Crippen LogP contribution in [0.2, 0.25) is 0 Å². The Morgan fingerprint density at radius 2 is 2.25 bits per heavy atom. The third-order valence-corrected chi connectivity index (χ3v) is 6.31. The van der Waals surface area contributed by atoms with Gasteiger partial charge in [-0.15, -0.1) is 0 Å². The van der Waals surface area contributed by atoms with Gasteiger partial charge >= 0.3 is 0 Å². The molecule has 1 heterocycles. The van der Waals surface area contributed by atoms with Gasteiger partial charge in [0.15, 0.2) is 5.78 Å². The molecular weight excluding hydrogens is 318 g/mol. The van der Waals surface area contributed by atoms with Gasteiger partial charge in [-0.25, -0.2) is 0 Å². The van der Waals surface area contributed by atoms with E-state index >= 15 is 0 Å². The van der Waals surface area contributed by atoms with Crippen molar-refractivity contribution in [1.82, 2.24) is 9.78 Å². The predicted molar refractivity (Wildman–Crippen MR) is 78.0 cm³/mol. The fourth-order valence-electron chi connectivity index (χ4n) is 4.22. The average Bonchev–Trinajstić information content (AvgIpc) is 2.72. The lowest BCUT2D eigenvalue weighted by molar-refractivity contribution is -0.132. The van der Waals surface area contributed by atoms with Gasteiger partial charge in [0, 0.05) is 23.9 Å². The van der Waals surface area contributed by atoms with E-state index in [0.29, 0.717) is 12.3 Å². The second-order valence-corrected chi connectivity index (χ2v) is 7.13. The standard InChI is InChI=1S/C15H18BrN3O/c1-8-11-5-4-10-13(18-19(3)14(10)16)15(11,2)6-9(7-17)12(8)20/h8-9,11H,4-6H2,1-3H3/t8-,9?,11-,15-/m0/s1. The Balaban J connectivity index is 2.14. The van der Waals surface area contributed by atoms with Crippen LogP contribution in [-0.4, -0.2) is 15.6 Å². The lowest BCUT2D eigenvalue weighted by Crippen LogP contribution is -2.50. The maximum Gasteiger partial charge on any atom is 0.153 e. The van der Waals surface area contributed by atoms with Gasteiger partial charge in [0.2, 0.25) is 0 Å². The summed E-state index contributed by atoms with van der Waals surface area (Å²) in [4.78, 5) is 12.3. The number of nitrogens with zero attached hydrogens (tertiary/aromatic N) is 3. The molecule has 5 heteroatoms. The first-order valence-electron chi connectivity index (χ1n) is 7.05. The van der Waals surface area contributed by atoms with Crippen molar-refractivity contribution in [1.29, 1.82) is 5.26 Å². The van der Waals surface area contributed by atoms with Gasteiger partial charge in [-0.05, 0) is 41.1 Å². The molecule has 1 fully saturated rings. The molecule has 0 bridgehead atoms. The third-order valence-electron chi connectivity index (χ3n) is 5.31. The summed E-state index contributed by atoms with van der Waals surface area (Å²) >= 11 is 3.60. The molecule has 3 rings (SSSR count). The monoisotopic (exact) mass is 335 g/mol. The number of hydrogen-bond donors (Lipinski definition) is 0. The highest BCUT2D eigenvalue weighted by molar-refractivity contribution is 9.10. The predicted octanol–water partition coefficient (Wildman–Crippen LogP) is 2.75. The molecule has 0 radical (unpaired) electrons. The summed E-state index contributed by atoms with van der Waals surface area (Å²) in [5, 5.41) is 14.0. The molecule has 4 nitrogen and oxygen atoms in total. The summed E-state index contributed by atoms with van der Waals surface area (Å²) in [6.07, 6.45) is 2.56. The van der Waals surface area contributed by atoms with Gasteiger partial charge in [0.1, 0.15) is 10.5 Å². The molecule has 2 aliphatic rings. The van der Waals surface area contributed by atoms with E-state index in [0.717, 1.165) is 23.1 Å². The Bertz CT molecular complexity index is 630. The smallest absolute Gasteiger partial charge is 0.153 e. The molecule has 0 aliphatic heterocycles. The Hall–Kier alpha value is -1.15.